The smallest absolute Gasteiger partial charge is 0.115 e. The lowest BCUT2D eigenvalue weighted by molar-refractivity contribution is 0.632. The minimum Gasteiger partial charge on any atom is -0.330 e. The second-order valence-electron chi connectivity index (χ2n) is 3.70. The Balaban J connectivity index is 2.44. The highest BCUT2D eigenvalue weighted by Gasteiger charge is 2.08. The number of aryl methyl sites for hydroxylation is 1. The Morgan fingerprint density at radius 3 is 3.00 bits per heavy atom. The van der Waals surface area contributed by atoms with E-state index in [1.54, 1.807) is 0 Å². The summed E-state index contributed by atoms with van der Waals surface area (Å²) in [4.78, 5) is 7.23. The van der Waals surface area contributed by atoms with E-state index in [2.05, 4.69) is 19.6 Å². The largest absolute Gasteiger partial charge is 0.330 e. The molecule has 0 bridgehead atoms. The van der Waals surface area contributed by atoms with Crippen LogP contribution in [0.2, 0.25) is 0 Å². The van der Waals surface area contributed by atoms with Crippen LogP contribution in [0.4, 0.5) is 0 Å². The minimum atomic E-state index is 0.274. The molecule has 0 unspecified atom stereocenters. The van der Waals surface area contributed by atoms with Crippen molar-refractivity contribution in [3.63, 3.8) is 0 Å². The first-order valence-electron chi connectivity index (χ1n) is 5.52. The second kappa shape index (κ2) is 5.34. The van der Waals surface area contributed by atoms with Gasteiger partial charge >= 0.3 is 0 Å². The van der Waals surface area contributed by atoms with Crippen LogP contribution in [0.5, 0.6) is 0 Å². The summed E-state index contributed by atoms with van der Waals surface area (Å²) >= 11 is 0. The van der Waals surface area contributed by atoms with Crippen molar-refractivity contribution in [3.05, 3.63) is 40.5 Å². The van der Waals surface area contributed by atoms with Gasteiger partial charge in [-0.1, -0.05) is 17.2 Å². The van der Waals surface area contributed by atoms with Crippen molar-refractivity contribution in [2.75, 3.05) is 6.54 Å². The molecule has 17 heavy (non-hydrogen) atoms. The summed E-state index contributed by atoms with van der Waals surface area (Å²) in [6.45, 7) is 1.70. The van der Waals surface area contributed by atoms with E-state index in [0.29, 0.717) is 6.54 Å². The van der Waals surface area contributed by atoms with Crippen LogP contribution in [-0.4, -0.2) is 16.1 Å². The lowest BCUT2D eigenvalue weighted by Crippen LogP contribution is -2.08. The highest BCUT2D eigenvalue weighted by molar-refractivity contribution is 5.75. The predicted octanol–water partition coefficient (Wildman–Crippen LogP) is 2.20. The molecule has 6 heteroatoms. The normalized spacial score (nSPS) is 10.4. The van der Waals surface area contributed by atoms with Crippen molar-refractivity contribution >= 4 is 11.0 Å². The van der Waals surface area contributed by atoms with Gasteiger partial charge in [0, 0.05) is 11.5 Å². The number of para-hydroxylation sites is 2. The molecule has 1 heterocycles. The number of rotatable bonds is 5. The number of nitrogens with zero attached hydrogens (tertiary/aromatic N) is 5. The molecule has 0 radical (unpaired) electrons. The molecule has 6 nitrogen and oxygen atoms in total. The fraction of sp³-hybridized carbons (Fsp3) is 0.364. The average Bonchev–Trinajstić information content (AvgIpc) is 2.71. The number of azide groups is 1. The quantitative estimate of drug-likeness (QED) is 0.484. The van der Waals surface area contributed by atoms with E-state index in [0.717, 1.165) is 29.8 Å². The molecule has 0 spiro atoms. The lowest BCUT2D eigenvalue weighted by atomic mass is 10.3. The molecule has 0 fully saturated rings. The molecule has 0 saturated heterocycles. The summed E-state index contributed by atoms with van der Waals surface area (Å²) < 4.78 is 2.07. The summed E-state index contributed by atoms with van der Waals surface area (Å²) in [6.07, 6.45) is 0.879. The van der Waals surface area contributed by atoms with E-state index < -0.39 is 0 Å². The first-order chi connectivity index (χ1) is 8.36. The van der Waals surface area contributed by atoms with Gasteiger partial charge in [0.1, 0.15) is 5.82 Å². The van der Waals surface area contributed by atoms with Crippen molar-refractivity contribution in [3.8, 4) is 0 Å². The molecular formula is C11H14N6. The summed E-state index contributed by atoms with van der Waals surface area (Å²) in [7, 11) is 0. The standard InChI is InChI=1S/C11H14N6/c12-6-3-7-17-10-5-2-1-4-9(10)15-11(17)8-14-16-13/h1-2,4-5H,3,6-8,12H2. The van der Waals surface area contributed by atoms with Gasteiger partial charge in [0.15, 0.2) is 0 Å². The van der Waals surface area contributed by atoms with Gasteiger partial charge in [-0.2, -0.15) is 0 Å². The van der Waals surface area contributed by atoms with Crippen LogP contribution in [-0.2, 0) is 13.1 Å². The average molecular weight is 230 g/mol. The summed E-state index contributed by atoms with van der Waals surface area (Å²) in [6, 6.07) is 7.88. The van der Waals surface area contributed by atoms with Gasteiger partial charge in [0.25, 0.3) is 0 Å². The van der Waals surface area contributed by atoms with Crippen molar-refractivity contribution in [2.24, 2.45) is 10.8 Å². The fourth-order valence-corrected chi connectivity index (χ4v) is 1.84. The Bertz CT molecular complexity index is 552. The topological polar surface area (TPSA) is 92.6 Å². The molecule has 0 amide bonds. The Labute approximate surface area is 98.7 Å². The Morgan fingerprint density at radius 2 is 2.24 bits per heavy atom. The Hall–Kier alpha value is -2.04. The molecule has 0 aliphatic heterocycles. The van der Waals surface area contributed by atoms with Gasteiger partial charge in [-0.3, -0.25) is 0 Å². The molecule has 2 aromatic rings. The number of hydrogen-bond acceptors (Lipinski definition) is 3. The fourth-order valence-electron chi connectivity index (χ4n) is 1.84. The monoisotopic (exact) mass is 230 g/mol. The molecule has 2 N–H and O–H groups in total. The zero-order chi connectivity index (χ0) is 12.1. The molecule has 0 aliphatic rings. The SMILES string of the molecule is [N-]=[N+]=NCc1nc2ccccc2n1CCCN. The van der Waals surface area contributed by atoms with E-state index in [4.69, 9.17) is 11.3 Å². The summed E-state index contributed by atoms with van der Waals surface area (Å²) in [5.41, 5.74) is 15.9. The predicted molar refractivity (Wildman–Crippen MR) is 66.3 cm³/mol. The zero-order valence-corrected chi connectivity index (χ0v) is 9.45. The molecule has 1 aromatic heterocycles. The maximum absolute atomic E-state index is 8.37. The highest BCUT2D eigenvalue weighted by atomic mass is 15.2. The maximum Gasteiger partial charge on any atom is 0.115 e. The molecule has 0 atom stereocenters. The molecule has 2 rings (SSSR count). The van der Waals surface area contributed by atoms with Crippen LogP contribution < -0.4 is 5.73 Å². The van der Waals surface area contributed by atoms with Gasteiger partial charge in [-0.25, -0.2) is 4.98 Å². The zero-order valence-electron chi connectivity index (χ0n) is 9.45. The summed E-state index contributed by atoms with van der Waals surface area (Å²) in [5.74, 6) is 0.789. The number of nitrogens with two attached hydrogens (primary N) is 1. The van der Waals surface area contributed by atoms with Crippen LogP contribution in [0, 0.1) is 0 Å². The van der Waals surface area contributed by atoms with E-state index in [9.17, 15) is 0 Å². The van der Waals surface area contributed by atoms with Crippen LogP contribution in [0.25, 0.3) is 21.5 Å². The Morgan fingerprint density at radius 1 is 1.41 bits per heavy atom. The second-order valence-corrected chi connectivity index (χ2v) is 3.70. The van der Waals surface area contributed by atoms with Crippen LogP contribution in [0.15, 0.2) is 29.4 Å². The van der Waals surface area contributed by atoms with E-state index in [-0.39, 0.29) is 6.54 Å². The highest BCUT2D eigenvalue weighted by Crippen LogP contribution is 2.17. The summed E-state index contributed by atoms with van der Waals surface area (Å²) in [5, 5.41) is 3.57. The van der Waals surface area contributed by atoms with Crippen molar-refractivity contribution in [2.45, 2.75) is 19.5 Å². The molecule has 1 aromatic carbocycles. The van der Waals surface area contributed by atoms with Crippen molar-refractivity contribution in [1.29, 1.82) is 0 Å². The van der Waals surface area contributed by atoms with Crippen molar-refractivity contribution < 1.29 is 0 Å². The van der Waals surface area contributed by atoms with Crippen LogP contribution in [0.1, 0.15) is 12.2 Å². The Kier molecular flexibility index (Phi) is 3.59. The minimum absolute atomic E-state index is 0.274. The van der Waals surface area contributed by atoms with E-state index in [1.165, 1.54) is 0 Å². The number of fused-ring (bicyclic) bond motifs is 1. The molecule has 0 aliphatic carbocycles. The van der Waals surface area contributed by atoms with E-state index in [1.807, 2.05) is 24.3 Å². The lowest BCUT2D eigenvalue weighted by Gasteiger charge is -2.06. The van der Waals surface area contributed by atoms with Gasteiger partial charge in [-0.05, 0) is 30.6 Å². The van der Waals surface area contributed by atoms with E-state index >= 15 is 0 Å². The van der Waals surface area contributed by atoms with Gasteiger partial charge in [0.05, 0.1) is 17.6 Å². The molecule has 0 saturated carbocycles. The third-order valence-electron chi connectivity index (χ3n) is 2.59. The van der Waals surface area contributed by atoms with Gasteiger partial charge in [0.2, 0.25) is 0 Å². The first kappa shape index (κ1) is 11.4. The number of benzene rings is 1. The number of hydrogen-bond donors (Lipinski definition) is 1. The third-order valence-corrected chi connectivity index (χ3v) is 2.59. The van der Waals surface area contributed by atoms with Crippen LogP contribution >= 0.6 is 0 Å². The van der Waals surface area contributed by atoms with Gasteiger partial charge in [-0.15, -0.1) is 0 Å². The first-order valence-corrected chi connectivity index (χ1v) is 5.52. The number of aromatic nitrogens is 2. The maximum atomic E-state index is 8.37. The van der Waals surface area contributed by atoms with Crippen molar-refractivity contribution in [1.82, 2.24) is 9.55 Å². The molecular weight excluding hydrogens is 216 g/mol. The molecule has 88 valence electrons. The van der Waals surface area contributed by atoms with Crippen LogP contribution in [0.3, 0.4) is 0 Å². The third kappa shape index (κ3) is 2.38. The number of imidazole rings is 1. The van der Waals surface area contributed by atoms with Gasteiger partial charge < -0.3 is 10.3 Å².